The normalized spacial score (nSPS) is 12.9. The number of hydrogen-bond donors (Lipinski definition) is 1. The van der Waals surface area contributed by atoms with Crippen molar-refractivity contribution in [3.05, 3.63) is 23.7 Å². The fraction of sp³-hybridized carbons (Fsp3) is 0.500. The third-order valence-corrected chi connectivity index (χ3v) is 2.99. The van der Waals surface area contributed by atoms with Gasteiger partial charge in [-0.3, -0.25) is 4.79 Å². The molecule has 2 aromatic rings. The molecule has 19 heavy (non-hydrogen) atoms. The van der Waals surface area contributed by atoms with Gasteiger partial charge in [-0.05, 0) is 31.4 Å². The second-order valence-electron chi connectivity index (χ2n) is 4.98. The quantitative estimate of drug-likeness (QED) is 0.859. The lowest BCUT2D eigenvalue weighted by molar-refractivity contribution is -0.146. The zero-order valence-electron chi connectivity index (χ0n) is 11.7. The first kappa shape index (κ1) is 13.5. The van der Waals surface area contributed by atoms with E-state index in [0.717, 1.165) is 11.1 Å². The third kappa shape index (κ3) is 2.75. The average Bonchev–Trinajstić information content (AvgIpc) is 2.71. The maximum absolute atomic E-state index is 12.0. The molecule has 0 aliphatic heterocycles. The first-order valence-corrected chi connectivity index (χ1v) is 6.51. The molecule has 0 bridgehead atoms. The summed E-state index contributed by atoms with van der Waals surface area (Å²) in [5.41, 5.74) is 2.54. The second-order valence-corrected chi connectivity index (χ2v) is 4.98. The highest BCUT2D eigenvalue weighted by Crippen LogP contribution is 2.25. The Morgan fingerprint density at radius 1 is 1.47 bits per heavy atom. The van der Waals surface area contributed by atoms with Crippen LogP contribution in [0, 0.1) is 12.8 Å². The van der Waals surface area contributed by atoms with Gasteiger partial charge in [0.25, 0.3) is 0 Å². The van der Waals surface area contributed by atoms with Crippen molar-refractivity contribution in [2.45, 2.75) is 33.6 Å². The molecule has 1 unspecified atom stereocenters. The summed E-state index contributed by atoms with van der Waals surface area (Å²) in [5, 5.41) is 0. The Hall–Kier alpha value is -1.91. The highest BCUT2D eigenvalue weighted by atomic mass is 16.5. The molecule has 0 amide bonds. The lowest BCUT2D eigenvalue weighted by atomic mass is 9.95. The molecule has 1 atom stereocenters. The number of nitrogens with zero attached hydrogens (tertiary/aromatic N) is 2. The van der Waals surface area contributed by atoms with Gasteiger partial charge in [-0.2, -0.15) is 0 Å². The van der Waals surface area contributed by atoms with E-state index in [9.17, 15) is 4.79 Å². The van der Waals surface area contributed by atoms with Crippen LogP contribution in [0.3, 0.4) is 0 Å². The molecule has 0 saturated heterocycles. The highest BCUT2D eigenvalue weighted by molar-refractivity contribution is 5.79. The standard InChI is InChI=1S/C14H19N3O2/c1-5-19-14(18)11(8(2)3)13-16-10-6-9(4)7-15-12(10)17-13/h6-8,11H,5H2,1-4H3,(H,15,16,17). The van der Waals surface area contributed by atoms with Crippen molar-refractivity contribution in [1.29, 1.82) is 0 Å². The van der Waals surface area contributed by atoms with Crippen LogP contribution in [-0.4, -0.2) is 27.5 Å². The Labute approximate surface area is 112 Å². The van der Waals surface area contributed by atoms with Gasteiger partial charge in [-0.25, -0.2) is 9.97 Å². The van der Waals surface area contributed by atoms with Gasteiger partial charge in [-0.15, -0.1) is 0 Å². The van der Waals surface area contributed by atoms with Gasteiger partial charge in [0.1, 0.15) is 11.7 Å². The first-order valence-electron chi connectivity index (χ1n) is 6.51. The van der Waals surface area contributed by atoms with E-state index in [4.69, 9.17) is 4.74 Å². The lowest BCUT2D eigenvalue weighted by Crippen LogP contribution is -2.22. The molecule has 102 valence electrons. The molecule has 5 nitrogen and oxygen atoms in total. The molecule has 2 heterocycles. The summed E-state index contributed by atoms with van der Waals surface area (Å²) in [6.07, 6.45) is 1.77. The summed E-state index contributed by atoms with van der Waals surface area (Å²) < 4.78 is 5.12. The number of hydrogen-bond acceptors (Lipinski definition) is 4. The zero-order valence-corrected chi connectivity index (χ0v) is 11.7. The maximum Gasteiger partial charge on any atom is 0.316 e. The van der Waals surface area contributed by atoms with Gasteiger partial charge >= 0.3 is 5.97 Å². The SMILES string of the molecule is CCOC(=O)C(c1nc2ncc(C)cc2[nH]1)C(C)C. The molecule has 5 heteroatoms. The topological polar surface area (TPSA) is 67.9 Å². The van der Waals surface area contributed by atoms with Crippen molar-refractivity contribution in [3.63, 3.8) is 0 Å². The molecule has 0 fully saturated rings. The number of aromatic nitrogens is 3. The molecule has 0 radical (unpaired) electrons. The van der Waals surface area contributed by atoms with E-state index in [1.54, 1.807) is 13.1 Å². The fourth-order valence-corrected chi connectivity index (χ4v) is 2.10. The summed E-state index contributed by atoms with van der Waals surface area (Å²) in [6.45, 7) is 8.11. The number of aromatic amines is 1. The summed E-state index contributed by atoms with van der Waals surface area (Å²) in [7, 11) is 0. The highest BCUT2D eigenvalue weighted by Gasteiger charge is 2.28. The Morgan fingerprint density at radius 3 is 2.84 bits per heavy atom. The Bertz CT molecular complexity index is 589. The van der Waals surface area contributed by atoms with Gasteiger partial charge in [0.2, 0.25) is 0 Å². The summed E-state index contributed by atoms with van der Waals surface area (Å²) in [4.78, 5) is 23.9. The third-order valence-electron chi connectivity index (χ3n) is 2.99. The van der Waals surface area contributed by atoms with E-state index in [1.165, 1.54) is 0 Å². The van der Waals surface area contributed by atoms with Crippen molar-refractivity contribution in [2.75, 3.05) is 6.61 Å². The lowest BCUT2D eigenvalue weighted by Gasteiger charge is -2.16. The number of aryl methyl sites for hydroxylation is 1. The molecule has 0 saturated carbocycles. The van der Waals surface area contributed by atoms with Crippen molar-refractivity contribution in [3.8, 4) is 0 Å². The van der Waals surface area contributed by atoms with E-state index >= 15 is 0 Å². The van der Waals surface area contributed by atoms with E-state index in [1.807, 2.05) is 26.8 Å². The number of carbonyl (C=O) groups is 1. The van der Waals surface area contributed by atoms with Crippen LogP contribution in [0.1, 0.15) is 38.1 Å². The van der Waals surface area contributed by atoms with Crippen LogP contribution in [0.2, 0.25) is 0 Å². The number of imidazole rings is 1. The Balaban J connectivity index is 2.41. The van der Waals surface area contributed by atoms with Crippen LogP contribution in [0.5, 0.6) is 0 Å². The summed E-state index contributed by atoms with van der Waals surface area (Å²) in [6, 6.07) is 1.97. The minimum Gasteiger partial charge on any atom is -0.465 e. The molecule has 0 spiro atoms. The minimum atomic E-state index is -0.380. The molecule has 0 aliphatic rings. The van der Waals surface area contributed by atoms with Crippen molar-refractivity contribution in [1.82, 2.24) is 15.0 Å². The van der Waals surface area contributed by atoms with Crippen LogP contribution < -0.4 is 0 Å². The van der Waals surface area contributed by atoms with Crippen LogP contribution in [0.25, 0.3) is 11.2 Å². The van der Waals surface area contributed by atoms with Crippen LogP contribution >= 0.6 is 0 Å². The maximum atomic E-state index is 12.0. The molecule has 1 N–H and O–H groups in total. The predicted molar refractivity (Wildman–Crippen MR) is 72.8 cm³/mol. The van der Waals surface area contributed by atoms with Gasteiger partial charge in [0.05, 0.1) is 12.1 Å². The number of fused-ring (bicyclic) bond motifs is 1. The van der Waals surface area contributed by atoms with Gasteiger partial charge < -0.3 is 9.72 Å². The number of nitrogens with one attached hydrogen (secondary N) is 1. The number of esters is 1. The molecular formula is C14H19N3O2. The smallest absolute Gasteiger partial charge is 0.316 e. The van der Waals surface area contributed by atoms with Crippen LogP contribution in [0.4, 0.5) is 0 Å². The molecule has 0 aliphatic carbocycles. The number of pyridine rings is 1. The van der Waals surface area contributed by atoms with Crippen LogP contribution in [-0.2, 0) is 9.53 Å². The van der Waals surface area contributed by atoms with E-state index in [2.05, 4.69) is 15.0 Å². The summed E-state index contributed by atoms with van der Waals surface area (Å²) >= 11 is 0. The zero-order chi connectivity index (χ0) is 14.0. The van der Waals surface area contributed by atoms with E-state index < -0.39 is 0 Å². The minimum absolute atomic E-state index is 0.112. The average molecular weight is 261 g/mol. The van der Waals surface area contributed by atoms with Crippen molar-refractivity contribution < 1.29 is 9.53 Å². The van der Waals surface area contributed by atoms with Crippen molar-refractivity contribution >= 4 is 17.1 Å². The van der Waals surface area contributed by atoms with Crippen molar-refractivity contribution in [2.24, 2.45) is 5.92 Å². The molecular weight excluding hydrogens is 242 g/mol. The fourth-order valence-electron chi connectivity index (χ4n) is 2.10. The predicted octanol–water partition coefficient (Wildman–Crippen LogP) is 2.57. The monoisotopic (exact) mass is 261 g/mol. The molecule has 0 aromatic carbocycles. The Morgan fingerprint density at radius 2 is 2.21 bits per heavy atom. The molecule has 2 aromatic heterocycles. The molecule has 2 rings (SSSR count). The van der Waals surface area contributed by atoms with Crippen LogP contribution in [0.15, 0.2) is 12.3 Å². The number of rotatable bonds is 4. The van der Waals surface area contributed by atoms with Gasteiger partial charge in [-0.1, -0.05) is 13.8 Å². The number of carbonyl (C=O) groups excluding carboxylic acids is 1. The van der Waals surface area contributed by atoms with Gasteiger partial charge in [0, 0.05) is 6.20 Å². The number of ether oxygens (including phenoxy) is 1. The number of H-pyrrole nitrogens is 1. The summed E-state index contributed by atoms with van der Waals surface area (Å²) in [5.74, 6) is 0.116. The van der Waals surface area contributed by atoms with E-state index in [0.29, 0.717) is 18.1 Å². The Kier molecular flexibility index (Phi) is 3.83. The second kappa shape index (κ2) is 5.38. The largest absolute Gasteiger partial charge is 0.465 e. The van der Waals surface area contributed by atoms with Gasteiger partial charge in [0.15, 0.2) is 5.65 Å². The first-order chi connectivity index (χ1) is 9.02. The van der Waals surface area contributed by atoms with E-state index in [-0.39, 0.29) is 17.8 Å².